The standard InChI is InChI=1S/C50H60N2O4/c1-31-15-33(7-13-41(31)55-35-9-11-37(51)39(53)17-35)47-21-43(3)19-44(4,22-47)26-49(25-43,29-47)50-27-45(5)20-46(6,28-50)24-48(23-45,30-50)34-8-14-42(32(2)16-34)56-36-10-12-38(52)40(54)18-36/h7-18,53-54H,19-30,51-52H2,1-6H3. The predicted molar refractivity (Wildman–Crippen MR) is 224 cm³/mol. The van der Waals surface area contributed by atoms with Crippen LogP contribution in [0.25, 0.3) is 0 Å². The first kappa shape index (κ1) is 36.0. The Kier molecular flexibility index (Phi) is 7.21. The number of hydrogen-bond acceptors (Lipinski definition) is 6. The Morgan fingerprint density at radius 3 is 1.12 bits per heavy atom. The van der Waals surface area contributed by atoms with Crippen molar-refractivity contribution < 1.29 is 19.7 Å². The van der Waals surface area contributed by atoms with Gasteiger partial charge in [-0.05, 0) is 193 Å². The lowest BCUT2D eigenvalue weighted by atomic mass is 9.24. The Hall–Kier alpha value is -4.32. The third-order valence-corrected chi connectivity index (χ3v) is 16.3. The number of rotatable bonds is 7. The van der Waals surface area contributed by atoms with Gasteiger partial charge < -0.3 is 31.2 Å². The molecule has 8 fully saturated rings. The highest BCUT2D eigenvalue weighted by atomic mass is 16.5. The van der Waals surface area contributed by atoms with E-state index in [1.807, 2.05) is 12.1 Å². The first-order valence-electron chi connectivity index (χ1n) is 21.0. The highest BCUT2D eigenvalue weighted by Crippen LogP contribution is 2.85. The van der Waals surface area contributed by atoms with Gasteiger partial charge in [0, 0.05) is 12.1 Å². The number of nitrogen functional groups attached to an aromatic ring is 2. The maximum atomic E-state index is 10.2. The molecule has 6 N–H and O–H groups in total. The fraction of sp³-hybridized carbons (Fsp3) is 0.520. The summed E-state index contributed by atoms with van der Waals surface area (Å²) >= 11 is 0. The summed E-state index contributed by atoms with van der Waals surface area (Å²) in [6.45, 7) is 15.0. The van der Waals surface area contributed by atoms with Crippen molar-refractivity contribution in [1.82, 2.24) is 0 Å². The van der Waals surface area contributed by atoms with Crippen LogP contribution in [0.1, 0.15) is 127 Å². The summed E-state index contributed by atoms with van der Waals surface area (Å²) < 4.78 is 12.7. The van der Waals surface area contributed by atoms with Crippen LogP contribution < -0.4 is 20.9 Å². The second-order valence-electron chi connectivity index (χ2n) is 22.1. The van der Waals surface area contributed by atoms with Crippen LogP contribution in [0.4, 0.5) is 11.4 Å². The Labute approximate surface area is 333 Å². The molecule has 6 nitrogen and oxygen atoms in total. The third kappa shape index (κ3) is 5.33. The van der Waals surface area contributed by atoms with Crippen molar-refractivity contribution in [3.8, 4) is 34.5 Å². The van der Waals surface area contributed by atoms with Crippen LogP contribution in [-0.2, 0) is 10.8 Å². The molecule has 8 aliphatic carbocycles. The summed E-state index contributed by atoms with van der Waals surface area (Å²) in [4.78, 5) is 0. The van der Waals surface area contributed by atoms with E-state index in [1.165, 1.54) is 88.2 Å². The smallest absolute Gasteiger partial charge is 0.142 e. The van der Waals surface area contributed by atoms with Crippen molar-refractivity contribution in [2.24, 2.45) is 32.5 Å². The number of aryl methyl sites for hydroxylation is 2. The second kappa shape index (κ2) is 11.2. The van der Waals surface area contributed by atoms with Crippen LogP contribution in [0.2, 0.25) is 0 Å². The first-order valence-corrected chi connectivity index (χ1v) is 21.0. The van der Waals surface area contributed by atoms with Gasteiger partial charge in [-0.2, -0.15) is 0 Å². The number of nitrogens with two attached hydrogens (primary N) is 2. The molecule has 12 rings (SSSR count). The van der Waals surface area contributed by atoms with E-state index >= 15 is 0 Å². The quantitative estimate of drug-likeness (QED) is 0.110. The zero-order valence-corrected chi connectivity index (χ0v) is 34.3. The third-order valence-electron chi connectivity index (χ3n) is 16.3. The van der Waals surface area contributed by atoms with E-state index in [9.17, 15) is 10.2 Å². The molecule has 0 amide bonds. The minimum absolute atomic E-state index is 0.0451. The van der Waals surface area contributed by atoms with E-state index in [-0.39, 0.29) is 22.3 Å². The van der Waals surface area contributed by atoms with E-state index in [0.717, 1.165) is 22.6 Å². The Bertz CT molecular complexity index is 2110. The first-order chi connectivity index (χ1) is 26.3. The lowest BCUT2D eigenvalue weighted by molar-refractivity contribution is -0.275. The number of anilines is 2. The van der Waals surface area contributed by atoms with Crippen LogP contribution >= 0.6 is 0 Å². The Morgan fingerprint density at radius 1 is 0.446 bits per heavy atom. The largest absolute Gasteiger partial charge is 0.506 e. The van der Waals surface area contributed by atoms with E-state index < -0.39 is 0 Å². The van der Waals surface area contributed by atoms with Gasteiger partial charge in [-0.25, -0.2) is 0 Å². The number of aromatic hydroxyl groups is 2. The molecule has 0 radical (unpaired) electrons. The van der Waals surface area contributed by atoms with E-state index in [4.69, 9.17) is 20.9 Å². The average Bonchev–Trinajstić information content (AvgIpc) is 3.06. The van der Waals surface area contributed by atoms with Crippen LogP contribution in [-0.4, -0.2) is 10.2 Å². The summed E-state index contributed by atoms with van der Waals surface area (Å²) in [7, 11) is 0. The molecule has 0 aromatic heterocycles. The Balaban J connectivity index is 1.02. The fourth-order valence-electron chi connectivity index (χ4n) is 16.7. The van der Waals surface area contributed by atoms with E-state index in [0.29, 0.717) is 55.4 Å². The molecule has 0 spiro atoms. The fourth-order valence-corrected chi connectivity index (χ4v) is 16.7. The van der Waals surface area contributed by atoms with Gasteiger partial charge in [-0.1, -0.05) is 52.0 Å². The van der Waals surface area contributed by atoms with Crippen LogP contribution in [0.5, 0.6) is 34.5 Å². The van der Waals surface area contributed by atoms with Gasteiger partial charge in [-0.15, -0.1) is 0 Å². The molecular weight excluding hydrogens is 693 g/mol. The molecule has 294 valence electrons. The van der Waals surface area contributed by atoms with Gasteiger partial charge in [0.15, 0.2) is 0 Å². The van der Waals surface area contributed by atoms with Crippen molar-refractivity contribution in [2.75, 3.05) is 11.5 Å². The zero-order valence-electron chi connectivity index (χ0n) is 34.3. The summed E-state index contributed by atoms with van der Waals surface area (Å²) in [5.41, 5.74) is 19.9. The van der Waals surface area contributed by atoms with Crippen LogP contribution in [0, 0.1) is 46.3 Å². The molecule has 0 heterocycles. The van der Waals surface area contributed by atoms with Gasteiger partial charge in [-0.3, -0.25) is 0 Å². The van der Waals surface area contributed by atoms with Crippen molar-refractivity contribution in [2.45, 2.75) is 129 Å². The minimum atomic E-state index is 0.0451. The summed E-state index contributed by atoms with van der Waals surface area (Å²) in [5, 5.41) is 20.5. The molecule has 4 aromatic rings. The molecule has 0 aliphatic heterocycles. The van der Waals surface area contributed by atoms with Crippen LogP contribution in [0.15, 0.2) is 72.8 Å². The lowest BCUT2D eigenvalue weighted by Crippen LogP contribution is -2.71. The molecule has 4 unspecified atom stereocenters. The highest BCUT2D eigenvalue weighted by Gasteiger charge is 2.76. The number of ether oxygens (including phenoxy) is 2. The Morgan fingerprint density at radius 2 is 0.804 bits per heavy atom. The van der Waals surface area contributed by atoms with Gasteiger partial charge in [0.05, 0.1) is 11.4 Å². The highest BCUT2D eigenvalue weighted by molar-refractivity contribution is 5.57. The second-order valence-corrected chi connectivity index (χ2v) is 22.1. The maximum Gasteiger partial charge on any atom is 0.142 e. The van der Waals surface area contributed by atoms with Crippen molar-refractivity contribution in [3.63, 3.8) is 0 Å². The van der Waals surface area contributed by atoms with Crippen molar-refractivity contribution in [1.29, 1.82) is 0 Å². The zero-order chi connectivity index (χ0) is 39.3. The molecular formula is C50H60N2O4. The minimum Gasteiger partial charge on any atom is -0.506 e. The SMILES string of the molecule is Cc1cc(C23CC4(C)CC(C)(C2)CC(C25CC6(C)CC(C)(CC(c7ccc(Oc8ccc(N)c(O)c8)c(C)c7)(C6)C2)C5)(C4)C3)ccc1Oc1ccc(N)c(O)c1. The molecule has 4 aromatic carbocycles. The molecule has 56 heavy (non-hydrogen) atoms. The predicted octanol–water partition coefficient (Wildman–Crippen LogP) is 12.4. The normalized spacial score (nSPS) is 38.9. The van der Waals surface area contributed by atoms with Crippen molar-refractivity contribution >= 4 is 11.4 Å². The average molecular weight is 753 g/mol. The summed E-state index contributed by atoms with van der Waals surface area (Å²) in [5.74, 6) is 2.94. The number of phenols is 2. The number of hydrogen-bond donors (Lipinski definition) is 4. The van der Waals surface area contributed by atoms with Gasteiger partial charge in [0.2, 0.25) is 0 Å². The lowest BCUT2D eigenvalue weighted by Gasteiger charge is -2.80. The molecule has 6 heteroatoms. The molecule has 0 saturated heterocycles. The molecule has 4 atom stereocenters. The molecule has 8 aliphatic rings. The number of phenolic OH excluding ortho intramolecular Hbond substituents is 2. The molecule has 8 bridgehead atoms. The summed E-state index contributed by atoms with van der Waals surface area (Å²) in [6, 6.07) is 24.3. The topological polar surface area (TPSA) is 111 Å². The summed E-state index contributed by atoms with van der Waals surface area (Å²) in [6.07, 6.45) is 15.8. The van der Waals surface area contributed by atoms with Gasteiger partial charge >= 0.3 is 0 Å². The number of benzene rings is 4. The van der Waals surface area contributed by atoms with Crippen LogP contribution in [0.3, 0.4) is 0 Å². The van der Waals surface area contributed by atoms with E-state index in [1.54, 1.807) is 24.3 Å². The van der Waals surface area contributed by atoms with E-state index in [2.05, 4.69) is 77.9 Å². The van der Waals surface area contributed by atoms with Gasteiger partial charge in [0.1, 0.15) is 34.5 Å². The molecule has 8 saturated carbocycles. The monoisotopic (exact) mass is 752 g/mol. The van der Waals surface area contributed by atoms with Gasteiger partial charge in [0.25, 0.3) is 0 Å². The van der Waals surface area contributed by atoms with Crippen molar-refractivity contribution in [3.05, 3.63) is 95.1 Å². The maximum absolute atomic E-state index is 10.2.